The SMILES string of the molecule is CC.CCCOC(=O)c1ccnn1CC. The first-order valence-corrected chi connectivity index (χ1v) is 5.48. The van der Waals surface area contributed by atoms with E-state index in [2.05, 4.69) is 5.10 Å². The summed E-state index contributed by atoms with van der Waals surface area (Å²) in [7, 11) is 0. The van der Waals surface area contributed by atoms with Crippen molar-refractivity contribution in [2.45, 2.75) is 40.7 Å². The summed E-state index contributed by atoms with van der Waals surface area (Å²) < 4.78 is 6.60. The van der Waals surface area contributed by atoms with E-state index in [1.54, 1.807) is 16.9 Å². The van der Waals surface area contributed by atoms with Crippen LogP contribution in [0.2, 0.25) is 0 Å². The number of carbonyl (C=O) groups is 1. The summed E-state index contributed by atoms with van der Waals surface area (Å²) in [6.45, 7) is 9.05. The predicted octanol–water partition coefficient (Wildman–Crippen LogP) is 2.50. The molecule has 0 aliphatic heterocycles. The molecule has 0 fully saturated rings. The molecule has 1 heterocycles. The van der Waals surface area contributed by atoms with Gasteiger partial charge in [0.15, 0.2) is 0 Å². The molecule has 0 spiro atoms. The third kappa shape index (κ3) is 4.14. The van der Waals surface area contributed by atoms with Crippen molar-refractivity contribution in [2.75, 3.05) is 6.61 Å². The molecular weight excluding hydrogens is 192 g/mol. The molecule has 1 aromatic rings. The minimum absolute atomic E-state index is 0.291. The molecule has 0 bridgehead atoms. The van der Waals surface area contributed by atoms with Crippen molar-refractivity contribution >= 4 is 5.97 Å². The van der Waals surface area contributed by atoms with Gasteiger partial charge in [0.05, 0.1) is 6.61 Å². The van der Waals surface area contributed by atoms with Crippen molar-refractivity contribution in [3.8, 4) is 0 Å². The van der Waals surface area contributed by atoms with Gasteiger partial charge in [-0.15, -0.1) is 0 Å². The van der Waals surface area contributed by atoms with Gasteiger partial charge < -0.3 is 4.74 Å². The molecule has 0 atom stereocenters. The number of nitrogens with zero attached hydrogens (tertiary/aromatic N) is 2. The van der Waals surface area contributed by atoms with Crippen LogP contribution >= 0.6 is 0 Å². The van der Waals surface area contributed by atoms with Crippen LogP contribution in [-0.2, 0) is 11.3 Å². The second-order valence-electron chi connectivity index (χ2n) is 2.67. The maximum Gasteiger partial charge on any atom is 0.356 e. The van der Waals surface area contributed by atoms with Crippen LogP contribution in [0.1, 0.15) is 44.6 Å². The van der Waals surface area contributed by atoms with E-state index in [1.165, 1.54) is 0 Å². The third-order valence-electron chi connectivity index (χ3n) is 1.66. The first kappa shape index (κ1) is 13.7. The maximum atomic E-state index is 11.4. The molecule has 0 unspecified atom stereocenters. The summed E-state index contributed by atoms with van der Waals surface area (Å²) in [4.78, 5) is 11.4. The summed E-state index contributed by atoms with van der Waals surface area (Å²) in [5.41, 5.74) is 0.524. The smallest absolute Gasteiger partial charge is 0.356 e. The number of aryl methyl sites for hydroxylation is 1. The van der Waals surface area contributed by atoms with E-state index in [0.717, 1.165) is 6.42 Å². The molecule has 0 saturated carbocycles. The summed E-state index contributed by atoms with van der Waals surface area (Å²) in [6, 6.07) is 1.67. The highest BCUT2D eigenvalue weighted by molar-refractivity contribution is 5.87. The predicted molar refractivity (Wildman–Crippen MR) is 59.8 cm³/mol. The largest absolute Gasteiger partial charge is 0.461 e. The molecule has 4 nitrogen and oxygen atoms in total. The van der Waals surface area contributed by atoms with Gasteiger partial charge in [0.1, 0.15) is 5.69 Å². The van der Waals surface area contributed by atoms with Crippen molar-refractivity contribution in [3.05, 3.63) is 18.0 Å². The molecule has 1 aromatic heterocycles. The summed E-state index contributed by atoms with van der Waals surface area (Å²) in [5.74, 6) is -0.291. The highest BCUT2D eigenvalue weighted by atomic mass is 16.5. The number of hydrogen-bond donors (Lipinski definition) is 0. The first-order valence-electron chi connectivity index (χ1n) is 5.48. The molecular formula is C11H20N2O2. The van der Waals surface area contributed by atoms with Gasteiger partial charge in [-0.25, -0.2) is 4.79 Å². The second kappa shape index (κ2) is 8.03. The molecule has 0 saturated heterocycles. The monoisotopic (exact) mass is 212 g/mol. The van der Waals surface area contributed by atoms with Crippen LogP contribution in [0.4, 0.5) is 0 Å². The highest BCUT2D eigenvalue weighted by Gasteiger charge is 2.11. The fraction of sp³-hybridized carbons (Fsp3) is 0.636. The number of carbonyl (C=O) groups excluding carboxylic acids is 1. The Labute approximate surface area is 91.2 Å². The van der Waals surface area contributed by atoms with Gasteiger partial charge in [-0.2, -0.15) is 5.10 Å². The van der Waals surface area contributed by atoms with Crippen LogP contribution in [-0.4, -0.2) is 22.4 Å². The average molecular weight is 212 g/mol. The fourth-order valence-electron chi connectivity index (χ4n) is 1.03. The van der Waals surface area contributed by atoms with Crippen LogP contribution in [0.5, 0.6) is 0 Å². The molecule has 4 heteroatoms. The van der Waals surface area contributed by atoms with Crippen molar-refractivity contribution in [2.24, 2.45) is 0 Å². The summed E-state index contributed by atoms with van der Waals surface area (Å²) in [6.07, 6.45) is 2.44. The van der Waals surface area contributed by atoms with Gasteiger partial charge in [0.2, 0.25) is 0 Å². The van der Waals surface area contributed by atoms with E-state index in [4.69, 9.17) is 4.74 Å². The van der Waals surface area contributed by atoms with E-state index in [9.17, 15) is 4.79 Å². The summed E-state index contributed by atoms with van der Waals surface area (Å²) in [5, 5.41) is 3.98. The van der Waals surface area contributed by atoms with Crippen molar-refractivity contribution in [3.63, 3.8) is 0 Å². The minimum Gasteiger partial charge on any atom is -0.461 e. The Morgan fingerprint density at radius 3 is 2.67 bits per heavy atom. The highest BCUT2D eigenvalue weighted by Crippen LogP contribution is 2.01. The molecule has 0 aliphatic carbocycles. The van der Waals surface area contributed by atoms with Crippen LogP contribution in [0.15, 0.2) is 12.3 Å². The lowest BCUT2D eigenvalue weighted by molar-refractivity contribution is 0.0491. The molecule has 86 valence electrons. The Kier molecular flexibility index (Phi) is 7.32. The van der Waals surface area contributed by atoms with Gasteiger partial charge in [0.25, 0.3) is 0 Å². The maximum absolute atomic E-state index is 11.4. The van der Waals surface area contributed by atoms with Gasteiger partial charge in [-0.3, -0.25) is 4.68 Å². The lowest BCUT2D eigenvalue weighted by atomic mass is 10.4. The standard InChI is InChI=1S/C9H14N2O2.C2H6/c1-3-7-13-9(12)8-5-6-10-11(8)4-2;1-2/h5-6H,3-4,7H2,1-2H3;1-2H3. The molecule has 0 amide bonds. The number of aromatic nitrogens is 2. The topological polar surface area (TPSA) is 44.1 Å². The van der Waals surface area contributed by atoms with Gasteiger partial charge in [0, 0.05) is 12.7 Å². The lowest BCUT2D eigenvalue weighted by Gasteiger charge is -2.04. The fourth-order valence-corrected chi connectivity index (χ4v) is 1.03. The Morgan fingerprint density at radius 2 is 2.13 bits per heavy atom. The summed E-state index contributed by atoms with van der Waals surface area (Å²) >= 11 is 0. The van der Waals surface area contributed by atoms with Crippen LogP contribution in [0.25, 0.3) is 0 Å². The quantitative estimate of drug-likeness (QED) is 0.720. The third-order valence-corrected chi connectivity index (χ3v) is 1.66. The molecule has 0 aromatic carbocycles. The molecule has 15 heavy (non-hydrogen) atoms. The Bertz CT molecular complexity index is 282. The van der Waals surface area contributed by atoms with Crippen LogP contribution in [0, 0.1) is 0 Å². The van der Waals surface area contributed by atoms with Gasteiger partial charge >= 0.3 is 5.97 Å². The zero-order valence-corrected chi connectivity index (χ0v) is 9.99. The lowest BCUT2D eigenvalue weighted by Crippen LogP contribution is -2.12. The molecule has 0 radical (unpaired) electrons. The van der Waals surface area contributed by atoms with Gasteiger partial charge in [-0.1, -0.05) is 20.8 Å². The Hall–Kier alpha value is -1.32. The van der Waals surface area contributed by atoms with E-state index < -0.39 is 0 Å². The van der Waals surface area contributed by atoms with E-state index in [-0.39, 0.29) is 5.97 Å². The van der Waals surface area contributed by atoms with E-state index in [1.807, 2.05) is 27.7 Å². The zero-order valence-electron chi connectivity index (χ0n) is 9.99. The number of ether oxygens (including phenoxy) is 1. The minimum atomic E-state index is -0.291. The molecule has 0 aliphatic rings. The second-order valence-corrected chi connectivity index (χ2v) is 2.67. The number of hydrogen-bond acceptors (Lipinski definition) is 3. The average Bonchev–Trinajstić information content (AvgIpc) is 2.76. The normalized spacial score (nSPS) is 9.07. The van der Waals surface area contributed by atoms with Crippen LogP contribution < -0.4 is 0 Å². The Morgan fingerprint density at radius 1 is 1.47 bits per heavy atom. The Balaban J connectivity index is 0.000000921. The number of rotatable bonds is 4. The van der Waals surface area contributed by atoms with Crippen molar-refractivity contribution < 1.29 is 9.53 Å². The molecule has 0 N–H and O–H groups in total. The van der Waals surface area contributed by atoms with Crippen molar-refractivity contribution in [1.82, 2.24) is 9.78 Å². The van der Waals surface area contributed by atoms with Gasteiger partial charge in [-0.05, 0) is 19.4 Å². The zero-order chi connectivity index (χ0) is 11.7. The molecule has 1 rings (SSSR count). The number of esters is 1. The van der Waals surface area contributed by atoms with E-state index in [0.29, 0.717) is 18.8 Å². The first-order chi connectivity index (χ1) is 7.29. The van der Waals surface area contributed by atoms with E-state index >= 15 is 0 Å². The van der Waals surface area contributed by atoms with Crippen LogP contribution in [0.3, 0.4) is 0 Å². The van der Waals surface area contributed by atoms with Crippen molar-refractivity contribution in [1.29, 1.82) is 0 Å².